The van der Waals surface area contributed by atoms with Crippen molar-refractivity contribution in [3.05, 3.63) is 46.3 Å². The van der Waals surface area contributed by atoms with E-state index in [0.29, 0.717) is 0 Å². The molecule has 1 aromatic carbocycles. The molecule has 0 spiro atoms. The second-order valence-electron chi connectivity index (χ2n) is 9.37. The molecule has 2 aliphatic rings. The maximum atomic E-state index is 13.8. The Balaban J connectivity index is 1.42. The molecule has 0 saturated carbocycles. The Bertz CT molecular complexity index is 1190. The van der Waals surface area contributed by atoms with Crippen molar-refractivity contribution in [2.45, 2.75) is 68.2 Å². The SMILES string of the molecule is CC(C)(Oc1cc(F)c(Cl)cc1Cl)C(=O)N[C@H]1C[C@H]2CC[C@@H](C1)N2c1ccc(S(C)(=O)=O)cn1. The summed E-state index contributed by atoms with van der Waals surface area (Å²) in [7, 11) is -3.30. The van der Waals surface area contributed by atoms with Gasteiger partial charge in [0.05, 0.1) is 14.9 Å². The van der Waals surface area contributed by atoms with Gasteiger partial charge in [-0.3, -0.25) is 4.79 Å². The first-order valence-corrected chi connectivity index (χ1v) is 13.6. The molecule has 34 heavy (non-hydrogen) atoms. The Morgan fingerprint density at radius 1 is 1.18 bits per heavy atom. The molecule has 1 amide bonds. The van der Waals surface area contributed by atoms with Gasteiger partial charge in [-0.1, -0.05) is 23.2 Å². The number of hydrogen-bond acceptors (Lipinski definition) is 6. The standard InChI is InChI=1S/C23H26Cl2FN3O4S/c1-23(2,33-20-11-19(26)17(24)10-18(20)25)22(30)28-13-8-14-4-5-15(9-13)29(14)21-7-6-16(12-27-21)34(3,31)32/h6-7,10-15H,4-5,8-9H2,1-3H3,(H,28,30)/t13-,14+,15-. The lowest BCUT2D eigenvalue weighted by Crippen LogP contribution is -2.55. The molecule has 2 saturated heterocycles. The predicted octanol–water partition coefficient (Wildman–Crippen LogP) is 4.40. The minimum atomic E-state index is -3.30. The maximum absolute atomic E-state index is 13.8. The number of nitrogens with one attached hydrogen (secondary N) is 1. The minimum absolute atomic E-state index is 0.0437. The number of ether oxygens (including phenoxy) is 1. The lowest BCUT2D eigenvalue weighted by Gasteiger charge is -2.40. The summed E-state index contributed by atoms with van der Waals surface area (Å²) in [5.74, 6) is -0.221. The van der Waals surface area contributed by atoms with Gasteiger partial charge in [0.2, 0.25) is 0 Å². The molecule has 1 aromatic heterocycles. The Labute approximate surface area is 208 Å². The second kappa shape index (κ2) is 9.17. The van der Waals surface area contributed by atoms with Gasteiger partial charge in [0, 0.05) is 36.6 Å². The van der Waals surface area contributed by atoms with Crippen LogP contribution in [0.15, 0.2) is 35.4 Å². The van der Waals surface area contributed by atoms with Crippen LogP contribution in [0, 0.1) is 5.82 Å². The first-order valence-electron chi connectivity index (χ1n) is 10.9. The van der Waals surface area contributed by atoms with Crippen LogP contribution in [0.25, 0.3) is 0 Å². The van der Waals surface area contributed by atoms with E-state index < -0.39 is 21.3 Å². The Morgan fingerprint density at radius 3 is 2.38 bits per heavy atom. The first-order chi connectivity index (χ1) is 15.8. The Morgan fingerprint density at radius 2 is 1.82 bits per heavy atom. The zero-order valence-electron chi connectivity index (χ0n) is 19.0. The number of aromatic nitrogens is 1. The van der Waals surface area contributed by atoms with Crippen LogP contribution in [0.4, 0.5) is 10.2 Å². The third-order valence-corrected chi connectivity index (χ3v) is 8.05. The Hall–Kier alpha value is -2.10. The van der Waals surface area contributed by atoms with Crippen molar-refractivity contribution in [1.29, 1.82) is 0 Å². The summed E-state index contributed by atoms with van der Waals surface area (Å²) >= 11 is 11.8. The number of carbonyl (C=O) groups excluding carboxylic acids is 1. The summed E-state index contributed by atoms with van der Waals surface area (Å²) < 4.78 is 43.0. The van der Waals surface area contributed by atoms with E-state index in [1.54, 1.807) is 26.0 Å². The van der Waals surface area contributed by atoms with E-state index in [1.165, 1.54) is 12.3 Å². The molecule has 2 bridgehead atoms. The maximum Gasteiger partial charge on any atom is 0.263 e. The summed E-state index contributed by atoms with van der Waals surface area (Å²) in [6.45, 7) is 3.20. The number of hydrogen-bond donors (Lipinski definition) is 1. The molecule has 4 rings (SSSR count). The van der Waals surface area contributed by atoms with Crippen molar-refractivity contribution in [3.8, 4) is 5.75 Å². The highest BCUT2D eigenvalue weighted by Gasteiger charge is 2.43. The van der Waals surface area contributed by atoms with Crippen LogP contribution >= 0.6 is 23.2 Å². The monoisotopic (exact) mass is 529 g/mol. The predicted molar refractivity (Wildman–Crippen MR) is 129 cm³/mol. The van der Waals surface area contributed by atoms with Crippen LogP contribution in [-0.2, 0) is 14.6 Å². The van der Waals surface area contributed by atoms with E-state index in [1.807, 2.05) is 0 Å². The highest BCUT2D eigenvalue weighted by atomic mass is 35.5. The number of fused-ring (bicyclic) bond motifs is 2. The molecular weight excluding hydrogens is 504 g/mol. The fourth-order valence-electron chi connectivity index (χ4n) is 4.68. The number of rotatable bonds is 6. The normalized spacial score (nSPS) is 22.5. The molecule has 0 aliphatic carbocycles. The fourth-order valence-corrected chi connectivity index (χ4v) is 5.66. The summed E-state index contributed by atoms with van der Waals surface area (Å²) in [6, 6.07) is 5.94. The average molecular weight is 530 g/mol. The summed E-state index contributed by atoms with van der Waals surface area (Å²) in [4.78, 5) is 19.8. The number of halogens is 3. The van der Waals surface area contributed by atoms with Gasteiger partial charge in [-0.2, -0.15) is 0 Å². The molecule has 1 N–H and O–H groups in total. The Kier molecular flexibility index (Phi) is 6.74. The van der Waals surface area contributed by atoms with E-state index in [-0.39, 0.29) is 44.7 Å². The van der Waals surface area contributed by atoms with E-state index in [4.69, 9.17) is 27.9 Å². The molecule has 2 aromatic rings. The number of pyridine rings is 1. The van der Waals surface area contributed by atoms with Crippen molar-refractivity contribution in [2.24, 2.45) is 0 Å². The van der Waals surface area contributed by atoms with E-state index >= 15 is 0 Å². The molecule has 3 atom stereocenters. The van der Waals surface area contributed by atoms with E-state index in [2.05, 4.69) is 15.2 Å². The number of sulfone groups is 1. The molecule has 11 heteroatoms. The fraction of sp³-hybridized carbons (Fsp3) is 0.478. The van der Waals surface area contributed by atoms with Gasteiger partial charge in [-0.05, 0) is 57.7 Å². The van der Waals surface area contributed by atoms with Crippen LogP contribution in [0.5, 0.6) is 5.75 Å². The number of carbonyl (C=O) groups is 1. The van der Waals surface area contributed by atoms with Crippen molar-refractivity contribution in [3.63, 3.8) is 0 Å². The molecule has 184 valence electrons. The minimum Gasteiger partial charge on any atom is -0.476 e. The number of benzene rings is 1. The van der Waals surface area contributed by atoms with Crippen molar-refractivity contribution in [1.82, 2.24) is 10.3 Å². The molecule has 2 fully saturated rings. The lowest BCUT2D eigenvalue weighted by molar-refractivity contribution is -0.135. The number of anilines is 1. The first kappa shape index (κ1) is 25.0. The van der Waals surface area contributed by atoms with Gasteiger partial charge < -0.3 is 15.0 Å². The highest BCUT2D eigenvalue weighted by molar-refractivity contribution is 7.90. The summed E-state index contributed by atoms with van der Waals surface area (Å²) in [5.41, 5.74) is -1.29. The molecule has 2 aliphatic heterocycles. The zero-order valence-corrected chi connectivity index (χ0v) is 21.3. The summed E-state index contributed by atoms with van der Waals surface area (Å²) in [6.07, 6.45) is 5.93. The lowest BCUT2D eigenvalue weighted by atomic mass is 9.96. The zero-order chi connectivity index (χ0) is 24.8. The topological polar surface area (TPSA) is 88.6 Å². The molecule has 3 heterocycles. The van der Waals surface area contributed by atoms with Gasteiger partial charge in [-0.15, -0.1) is 0 Å². The second-order valence-corrected chi connectivity index (χ2v) is 12.2. The molecule has 7 nitrogen and oxygen atoms in total. The van der Waals surface area contributed by atoms with Crippen molar-refractivity contribution in [2.75, 3.05) is 11.2 Å². The van der Waals surface area contributed by atoms with Crippen molar-refractivity contribution >= 4 is 44.8 Å². The van der Waals surface area contributed by atoms with Gasteiger partial charge in [0.1, 0.15) is 17.4 Å². The largest absolute Gasteiger partial charge is 0.476 e. The number of piperidine rings is 1. The van der Waals surface area contributed by atoms with E-state index in [9.17, 15) is 17.6 Å². The summed E-state index contributed by atoms with van der Waals surface area (Å²) in [5, 5.41) is 3.07. The third-order valence-electron chi connectivity index (χ3n) is 6.37. The van der Waals surface area contributed by atoms with Gasteiger partial charge in [0.25, 0.3) is 5.91 Å². The molecule has 0 unspecified atom stereocenters. The highest BCUT2D eigenvalue weighted by Crippen LogP contribution is 2.39. The smallest absolute Gasteiger partial charge is 0.263 e. The van der Waals surface area contributed by atoms with Crippen LogP contribution in [0.3, 0.4) is 0 Å². The number of amides is 1. The molecular formula is C23H26Cl2FN3O4S. The third kappa shape index (κ3) is 5.11. The quantitative estimate of drug-likeness (QED) is 0.557. The van der Waals surface area contributed by atoms with Crippen LogP contribution < -0.4 is 15.0 Å². The molecule has 0 radical (unpaired) electrons. The van der Waals surface area contributed by atoms with Gasteiger partial charge >= 0.3 is 0 Å². The van der Waals surface area contributed by atoms with Crippen LogP contribution in [0.1, 0.15) is 39.5 Å². The van der Waals surface area contributed by atoms with Gasteiger partial charge in [-0.25, -0.2) is 17.8 Å². The van der Waals surface area contributed by atoms with Crippen molar-refractivity contribution < 1.29 is 22.3 Å². The van der Waals surface area contributed by atoms with Gasteiger partial charge in [0.15, 0.2) is 15.4 Å². The van der Waals surface area contributed by atoms with E-state index in [0.717, 1.165) is 43.8 Å². The van der Waals surface area contributed by atoms with Crippen LogP contribution in [0.2, 0.25) is 10.0 Å². The number of nitrogens with zero attached hydrogens (tertiary/aromatic N) is 2. The van der Waals surface area contributed by atoms with Crippen LogP contribution in [-0.4, -0.2) is 49.3 Å². The average Bonchev–Trinajstić information content (AvgIpc) is 3.01.